The van der Waals surface area contributed by atoms with Gasteiger partial charge in [0.05, 0.1) is 13.2 Å². The molecule has 0 aliphatic heterocycles. The number of unbranched alkanes of at least 4 members (excludes halogenated alkanes) is 10. The Morgan fingerprint density at radius 1 is 0.571 bits per heavy atom. The molecule has 0 aromatic heterocycles. The first-order chi connectivity index (χ1) is 17.1. The van der Waals surface area contributed by atoms with Crippen molar-refractivity contribution in [3.63, 3.8) is 0 Å². The summed E-state index contributed by atoms with van der Waals surface area (Å²) in [5.74, 6) is -0.0852. The molecule has 0 unspecified atom stereocenters. The van der Waals surface area contributed by atoms with E-state index in [9.17, 15) is 8.78 Å². The maximum atomic E-state index is 14.3. The molecule has 2 aromatic rings. The summed E-state index contributed by atoms with van der Waals surface area (Å²) in [6, 6.07) is 8.72. The van der Waals surface area contributed by atoms with Crippen molar-refractivity contribution in [3.8, 4) is 23.0 Å². The van der Waals surface area contributed by atoms with Crippen molar-refractivity contribution in [3.05, 3.63) is 48.0 Å². The molecule has 0 aliphatic carbocycles. The van der Waals surface area contributed by atoms with Crippen LogP contribution in [0.25, 0.3) is 0 Å². The van der Waals surface area contributed by atoms with Gasteiger partial charge in [-0.2, -0.15) is 0 Å². The van der Waals surface area contributed by atoms with Crippen molar-refractivity contribution >= 4 is 7.69 Å². The van der Waals surface area contributed by atoms with E-state index in [-0.39, 0.29) is 23.0 Å². The van der Waals surface area contributed by atoms with E-state index in [1.807, 2.05) is 0 Å². The Morgan fingerprint density at radius 3 is 1.37 bits per heavy atom. The second-order valence-electron chi connectivity index (χ2n) is 8.75. The largest absolute Gasteiger partial charge is 0.658 e. The highest BCUT2D eigenvalue weighted by Gasteiger charge is 2.10. The van der Waals surface area contributed by atoms with E-state index in [4.69, 9.17) is 18.8 Å². The number of halogens is 2. The third kappa shape index (κ3) is 12.2. The van der Waals surface area contributed by atoms with Crippen molar-refractivity contribution in [1.29, 1.82) is 0 Å². The van der Waals surface area contributed by atoms with Gasteiger partial charge in [-0.15, -0.1) is 0 Å². The lowest BCUT2D eigenvalue weighted by atomic mass is 10.1. The summed E-state index contributed by atoms with van der Waals surface area (Å²) in [4.78, 5) is 0. The van der Waals surface area contributed by atoms with Gasteiger partial charge in [-0.05, 0) is 37.1 Å². The van der Waals surface area contributed by atoms with Gasteiger partial charge in [-0.25, -0.2) is 8.78 Å². The number of hydrogen-bond acceptors (Lipinski definition) is 4. The van der Waals surface area contributed by atoms with E-state index in [1.54, 1.807) is 12.1 Å². The van der Waals surface area contributed by atoms with Gasteiger partial charge in [0.15, 0.2) is 23.1 Å². The normalized spacial score (nSPS) is 10.7. The predicted molar refractivity (Wildman–Crippen MR) is 138 cm³/mol. The van der Waals surface area contributed by atoms with Gasteiger partial charge in [0.1, 0.15) is 11.5 Å². The van der Waals surface area contributed by atoms with E-state index in [0.29, 0.717) is 13.2 Å². The molecule has 35 heavy (non-hydrogen) atoms. The molecule has 4 nitrogen and oxygen atoms in total. The van der Waals surface area contributed by atoms with Gasteiger partial charge in [0.2, 0.25) is 0 Å². The van der Waals surface area contributed by atoms with Crippen molar-refractivity contribution in [2.75, 3.05) is 13.2 Å². The van der Waals surface area contributed by atoms with E-state index >= 15 is 0 Å². The average molecular weight is 489 g/mol. The second-order valence-corrected chi connectivity index (χ2v) is 8.75. The summed E-state index contributed by atoms with van der Waals surface area (Å²) in [6.07, 6.45) is 13.8. The quantitative estimate of drug-likeness (QED) is 0.138. The smallest absolute Gasteiger partial charge is 0.526 e. The summed E-state index contributed by atoms with van der Waals surface area (Å²) in [5, 5.41) is 0. The third-order valence-electron chi connectivity index (χ3n) is 5.69. The molecule has 1 radical (unpaired) electrons. The summed E-state index contributed by atoms with van der Waals surface area (Å²) in [7, 11) is 1.04. The Bertz CT molecular complexity index is 767. The van der Waals surface area contributed by atoms with E-state index in [1.165, 1.54) is 75.6 Å². The maximum absolute atomic E-state index is 14.3. The Hall–Kier alpha value is -2.44. The molecule has 0 atom stereocenters. The molecule has 0 aliphatic rings. The van der Waals surface area contributed by atoms with Crippen LogP contribution in [-0.2, 0) is 0 Å². The molecule has 0 N–H and O–H groups in total. The lowest BCUT2D eigenvalue weighted by Crippen LogP contribution is -2.11. The monoisotopic (exact) mass is 489 g/mol. The highest BCUT2D eigenvalue weighted by atomic mass is 19.1. The minimum atomic E-state index is -0.500. The third-order valence-corrected chi connectivity index (χ3v) is 5.69. The van der Waals surface area contributed by atoms with Gasteiger partial charge >= 0.3 is 7.69 Å². The molecular formula is C28H40BF2O4. The number of hydrogen-bond donors (Lipinski definition) is 0. The van der Waals surface area contributed by atoms with Crippen molar-refractivity contribution in [2.45, 2.75) is 90.9 Å². The number of benzene rings is 2. The number of ether oxygens (including phenoxy) is 2. The first-order valence-electron chi connectivity index (χ1n) is 13.1. The van der Waals surface area contributed by atoms with E-state index < -0.39 is 11.6 Å². The number of rotatable bonds is 20. The van der Waals surface area contributed by atoms with Crippen LogP contribution in [0.15, 0.2) is 36.4 Å². The summed E-state index contributed by atoms with van der Waals surface area (Å²) < 4.78 is 50.2. The lowest BCUT2D eigenvalue weighted by molar-refractivity contribution is 0.289. The predicted octanol–water partition coefficient (Wildman–Crippen LogP) is 8.44. The standard InChI is InChI=1S/C28H40BF2O4/c1-3-5-7-9-11-13-19-32-27-17-15-23(21-25(27)30)34-29-35-24-16-18-28(26(31)22-24)33-20-14-12-10-8-6-4-2/h15-18,21-22H,3-14,19-20H2,1-2H3. The minimum Gasteiger partial charge on any atom is -0.526 e. The zero-order chi connectivity index (χ0) is 25.1. The van der Waals surface area contributed by atoms with Gasteiger partial charge in [0.25, 0.3) is 0 Å². The highest BCUT2D eigenvalue weighted by Crippen LogP contribution is 2.25. The maximum Gasteiger partial charge on any atom is 0.658 e. The average Bonchev–Trinajstić information content (AvgIpc) is 2.85. The molecule has 7 heteroatoms. The van der Waals surface area contributed by atoms with Crippen LogP contribution < -0.4 is 18.8 Å². The van der Waals surface area contributed by atoms with Crippen LogP contribution in [0, 0.1) is 11.6 Å². The van der Waals surface area contributed by atoms with Crippen LogP contribution in [0.5, 0.6) is 23.0 Å². The van der Waals surface area contributed by atoms with Crippen LogP contribution >= 0.6 is 0 Å². The molecule has 0 heterocycles. The highest BCUT2D eigenvalue weighted by molar-refractivity contribution is 6.20. The first-order valence-corrected chi connectivity index (χ1v) is 13.1. The topological polar surface area (TPSA) is 36.9 Å². The Kier molecular flexibility index (Phi) is 14.7. The van der Waals surface area contributed by atoms with Crippen LogP contribution in [-0.4, -0.2) is 20.9 Å². The van der Waals surface area contributed by atoms with E-state index in [0.717, 1.165) is 33.4 Å². The SMILES string of the molecule is CCCCCCCCOc1ccc(O[B]Oc2ccc(OCCCCCCCC)c(F)c2)cc1F. The van der Waals surface area contributed by atoms with Crippen molar-refractivity contribution in [2.24, 2.45) is 0 Å². The summed E-state index contributed by atoms with van der Waals surface area (Å²) in [5.41, 5.74) is 0. The second kappa shape index (κ2) is 17.9. The summed E-state index contributed by atoms with van der Waals surface area (Å²) in [6.45, 7) is 5.35. The van der Waals surface area contributed by atoms with Gasteiger partial charge in [0, 0.05) is 12.1 Å². The zero-order valence-corrected chi connectivity index (χ0v) is 21.3. The molecule has 2 rings (SSSR count). The van der Waals surface area contributed by atoms with Crippen LogP contribution in [0.2, 0.25) is 0 Å². The van der Waals surface area contributed by atoms with Crippen molar-refractivity contribution < 1.29 is 27.6 Å². The Morgan fingerprint density at radius 2 is 0.971 bits per heavy atom. The van der Waals surface area contributed by atoms with Crippen LogP contribution in [0.1, 0.15) is 90.9 Å². The molecule has 0 spiro atoms. The molecule has 0 saturated carbocycles. The Labute approximate surface area is 210 Å². The molecule has 0 bridgehead atoms. The van der Waals surface area contributed by atoms with Crippen molar-refractivity contribution in [1.82, 2.24) is 0 Å². The molecule has 0 amide bonds. The molecular weight excluding hydrogens is 449 g/mol. The molecule has 0 saturated heterocycles. The Balaban J connectivity index is 1.65. The van der Waals surface area contributed by atoms with Gasteiger partial charge in [-0.3, -0.25) is 0 Å². The fourth-order valence-electron chi connectivity index (χ4n) is 3.61. The molecule has 193 valence electrons. The van der Waals surface area contributed by atoms with E-state index in [2.05, 4.69) is 13.8 Å². The molecule has 2 aromatic carbocycles. The zero-order valence-electron chi connectivity index (χ0n) is 21.3. The van der Waals surface area contributed by atoms with Gasteiger partial charge < -0.3 is 18.8 Å². The van der Waals surface area contributed by atoms with Crippen LogP contribution in [0.3, 0.4) is 0 Å². The summed E-state index contributed by atoms with van der Waals surface area (Å²) >= 11 is 0. The fourth-order valence-corrected chi connectivity index (χ4v) is 3.61. The minimum absolute atomic E-state index is 0.199. The first kappa shape index (κ1) is 28.8. The fraction of sp³-hybridized carbons (Fsp3) is 0.571. The van der Waals surface area contributed by atoms with Gasteiger partial charge in [-0.1, -0.05) is 78.1 Å². The molecule has 0 fully saturated rings. The lowest BCUT2D eigenvalue weighted by Gasteiger charge is -2.11. The van der Waals surface area contributed by atoms with Crippen LogP contribution in [0.4, 0.5) is 8.78 Å².